The lowest BCUT2D eigenvalue weighted by Crippen LogP contribution is -2.48. The van der Waals surface area contributed by atoms with E-state index in [1.807, 2.05) is 13.8 Å². The molecule has 1 aromatic carbocycles. The Balaban J connectivity index is 1.92. The number of hydrogen-bond donors (Lipinski definition) is 2. The largest absolute Gasteiger partial charge is 0.346 e. The van der Waals surface area contributed by atoms with Gasteiger partial charge in [0.05, 0.1) is 12.6 Å². The maximum absolute atomic E-state index is 13.0. The molecule has 0 radical (unpaired) electrons. The van der Waals surface area contributed by atoms with Crippen LogP contribution in [0.5, 0.6) is 0 Å². The normalized spacial score (nSPS) is 15.2. The Kier molecular flexibility index (Phi) is 6.31. The highest BCUT2D eigenvalue weighted by atomic mass is 19.1. The van der Waals surface area contributed by atoms with Crippen LogP contribution >= 0.6 is 0 Å². The molecule has 1 aliphatic rings. The molecule has 3 N–H and O–H groups in total. The van der Waals surface area contributed by atoms with Gasteiger partial charge in [-0.1, -0.05) is 26.0 Å². The first-order chi connectivity index (χ1) is 11.4. The Bertz CT molecular complexity index is 570. The zero-order valence-corrected chi connectivity index (χ0v) is 14.3. The Morgan fingerprint density at radius 1 is 1.29 bits per heavy atom. The van der Waals surface area contributed by atoms with Crippen molar-refractivity contribution in [1.29, 1.82) is 0 Å². The Morgan fingerprint density at radius 2 is 1.92 bits per heavy atom. The molecule has 2 rings (SSSR count). The van der Waals surface area contributed by atoms with Crippen LogP contribution in [0.15, 0.2) is 24.3 Å². The Morgan fingerprint density at radius 3 is 2.46 bits per heavy atom. The van der Waals surface area contributed by atoms with Gasteiger partial charge in [-0.05, 0) is 42.4 Å². The van der Waals surface area contributed by atoms with E-state index in [9.17, 15) is 14.0 Å². The lowest BCUT2D eigenvalue weighted by molar-refractivity contribution is -0.134. The summed E-state index contributed by atoms with van der Waals surface area (Å²) in [5.74, 6) is -0.208. The molecule has 5 nitrogen and oxygen atoms in total. The van der Waals surface area contributed by atoms with E-state index in [1.54, 1.807) is 17.0 Å². The SMILES string of the molecule is CC(C)[C@H](N)C(=O)NCC(=O)N(Cc1ccc(F)cc1)CC1CC1. The van der Waals surface area contributed by atoms with Gasteiger partial charge in [0.1, 0.15) is 5.82 Å². The minimum atomic E-state index is -0.619. The number of benzene rings is 1. The molecule has 0 unspecified atom stereocenters. The second kappa shape index (κ2) is 8.24. The average Bonchev–Trinajstić information content (AvgIpc) is 3.36. The van der Waals surface area contributed by atoms with Gasteiger partial charge < -0.3 is 16.0 Å². The van der Waals surface area contributed by atoms with Crippen molar-refractivity contribution in [3.05, 3.63) is 35.6 Å². The summed E-state index contributed by atoms with van der Waals surface area (Å²) >= 11 is 0. The van der Waals surface area contributed by atoms with Gasteiger partial charge in [-0.15, -0.1) is 0 Å². The van der Waals surface area contributed by atoms with Crippen molar-refractivity contribution in [2.75, 3.05) is 13.1 Å². The highest BCUT2D eigenvalue weighted by molar-refractivity contribution is 5.87. The van der Waals surface area contributed by atoms with Crippen molar-refractivity contribution >= 4 is 11.8 Å². The van der Waals surface area contributed by atoms with E-state index in [2.05, 4.69) is 5.32 Å². The molecule has 0 saturated heterocycles. The zero-order valence-electron chi connectivity index (χ0n) is 14.3. The molecule has 1 fully saturated rings. The fourth-order valence-electron chi connectivity index (χ4n) is 2.37. The quantitative estimate of drug-likeness (QED) is 0.759. The van der Waals surface area contributed by atoms with Crippen LogP contribution in [0.4, 0.5) is 4.39 Å². The Hall–Kier alpha value is -1.95. The molecule has 0 aliphatic heterocycles. The summed E-state index contributed by atoms with van der Waals surface area (Å²) in [7, 11) is 0. The molecule has 1 aromatic rings. The van der Waals surface area contributed by atoms with Crippen molar-refractivity contribution in [3.8, 4) is 0 Å². The van der Waals surface area contributed by atoms with Crippen molar-refractivity contribution in [2.24, 2.45) is 17.6 Å². The molecule has 24 heavy (non-hydrogen) atoms. The number of halogens is 1. The van der Waals surface area contributed by atoms with E-state index in [-0.39, 0.29) is 30.1 Å². The minimum absolute atomic E-state index is 0.0156. The summed E-state index contributed by atoms with van der Waals surface area (Å²) < 4.78 is 13.0. The minimum Gasteiger partial charge on any atom is -0.346 e. The van der Waals surface area contributed by atoms with E-state index in [4.69, 9.17) is 5.73 Å². The summed E-state index contributed by atoms with van der Waals surface area (Å²) in [5.41, 5.74) is 6.65. The van der Waals surface area contributed by atoms with Crippen LogP contribution in [0, 0.1) is 17.7 Å². The van der Waals surface area contributed by atoms with Gasteiger partial charge in [0, 0.05) is 13.1 Å². The molecule has 1 saturated carbocycles. The second-order valence-electron chi connectivity index (χ2n) is 6.83. The predicted molar refractivity (Wildman–Crippen MR) is 90.4 cm³/mol. The molecule has 132 valence electrons. The smallest absolute Gasteiger partial charge is 0.242 e. The molecular weight excluding hydrogens is 309 g/mol. The van der Waals surface area contributed by atoms with Crippen LogP contribution in [0.2, 0.25) is 0 Å². The van der Waals surface area contributed by atoms with Crippen LogP contribution in [0.1, 0.15) is 32.3 Å². The molecule has 0 bridgehead atoms. The molecular formula is C18H26FN3O2. The third-order valence-corrected chi connectivity index (χ3v) is 4.25. The topological polar surface area (TPSA) is 75.4 Å². The maximum Gasteiger partial charge on any atom is 0.242 e. The van der Waals surface area contributed by atoms with E-state index >= 15 is 0 Å². The second-order valence-corrected chi connectivity index (χ2v) is 6.83. The number of carbonyl (C=O) groups excluding carboxylic acids is 2. The number of carbonyl (C=O) groups is 2. The third-order valence-electron chi connectivity index (χ3n) is 4.25. The van der Waals surface area contributed by atoms with Crippen molar-refractivity contribution in [1.82, 2.24) is 10.2 Å². The van der Waals surface area contributed by atoms with Gasteiger partial charge in [-0.2, -0.15) is 0 Å². The molecule has 6 heteroatoms. The van der Waals surface area contributed by atoms with Gasteiger partial charge in [0.15, 0.2) is 0 Å². The van der Waals surface area contributed by atoms with Crippen LogP contribution in [-0.2, 0) is 16.1 Å². The fourth-order valence-corrected chi connectivity index (χ4v) is 2.37. The average molecular weight is 335 g/mol. The molecule has 2 amide bonds. The summed E-state index contributed by atoms with van der Waals surface area (Å²) in [6.07, 6.45) is 2.25. The number of nitrogens with zero attached hydrogens (tertiary/aromatic N) is 1. The fraction of sp³-hybridized carbons (Fsp3) is 0.556. The molecule has 0 heterocycles. The van der Waals surface area contributed by atoms with E-state index in [0.717, 1.165) is 18.4 Å². The van der Waals surface area contributed by atoms with Gasteiger partial charge in [-0.3, -0.25) is 9.59 Å². The van der Waals surface area contributed by atoms with Gasteiger partial charge in [0.2, 0.25) is 11.8 Å². The summed E-state index contributed by atoms with van der Waals surface area (Å²) in [6.45, 7) is 4.75. The molecule has 0 spiro atoms. The highest BCUT2D eigenvalue weighted by Gasteiger charge is 2.27. The monoisotopic (exact) mass is 335 g/mol. The number of hydrogen-bond acceptors (Lipinski definition) is 3. The molecule has 1 aliphatic carbocycles. The first-order valence-corrected chi connectivity index (χ1v) is 8.42. The third kappa shape index (κ3) is 5.60. The highest BCUT2D eigenvalue weighted by Crippen LogP contribution is 2.30. The molecule has 1 atom stereocenters. The summed E-state index contributed by atoms with van der Waals surface area (Å²) in [5, 5.41) is 2.62. The zero-order chi connectivity index (χ0) is 17.7. The molecule has 0 aromatic heterocycles. The summed E-state index contributed by atoms with van der Waals surface area (Å²) in [4.78, 5) is 26.1. The van der Waals surface area contributed by atoms with Crippen molar-refractivity contribution in [3.63, 3.8) is 0 Å². The van der Waals surface area contributed by atoms with Crippen LogP contribution in [0.3, 0.4) is 0 Å². The van der Waals surface area contributed by atoms with Crippen LogP contribution in [-0.4, -0.2) is 35.8 Å². The Labute approximate surface area is 142 Å². The lowest BCUT2D eigenvalue weighted by Gasteiger charge is -2.24. The van der Waals surface area contributed by atoms with Gasteiger partial charge >= 0.3 is 0 Å². The van der Waals surface area contributed by atoms with Crippen LogP contribution in [0.25, 0.3) is 0 Å². The van der Waals surface area contributed by atoms with Crippen molar-refractivity contribution in [2.45, 2.75) is 39.3 Å². The van der Waals surface area contributed by atoms with E-state index < -0.39 is 6.04 Å². The lowest BCUT2D eigenvalue weighted by atomic mass is 10.1. The number of nitrogens with one attached hydrogen (secondary N) is 1. The van der Waals surface area contributed by atoms with Crippen LogP contribution < -0.4 is 11.1 Å². The van der Waals surface area contributed by atoms with Gasteiger partial charge in [0.25, 0.3) is 0 Å². The predicted octanol–water partition coefficient (Wildman–Crippen LogP) is 1.66. The summed E-state index contributed by atoms with van der Waals surface area (Å²) in [6, 6.07) is 5.51. The maximum atomic E-state index is 13.0. The van der Waals surface area contributed by atoms with E-state index in [0.29, 0.717) is 19.0 Å². The number of rotatable bonds is 8. The van der Waals surface area contributed by atoms with E-state index in [1.165, 1.54) is 12.1 Å². The number of nitrogens with two attached hydrogens (primary N) is 1. The first-order valence-electron chi connectivity index (χ1n) is 8.42. The van der Waals surface area contributed by atoms with Gasteiger partial charge in [-0.25, -0.2) is 4.39 Å². The first kappa shape index (κ1) is 18.4. The standard InChI is InChI=1S/C18H26FN3O2/c1-12(2)17(20)18(24)21-9-16(23)22(10-13-3-4-13)11-14-5-7-15(19)8-6-14/h5-8,12-13,17H,3-4,9-11,20H2,1-2H3,(H,21,24)/t17-/m0/s1. The number of amides is 2. The van der Waals surface area contributed by atoms with Crippen molar-refractivity contribution < 1.29 is 14.0 Å².